The number of imide groups is 2. The Balaban J connectivity index is 2.02. The van der Waals surface area contributed by atoms with Gasteiger partial charge in [-0.3, -0.25) is 19.9 Å². The van der Waals surface area contributed by atoms with Gasteiger partial charge >= 0.3 is 6.03 Å². The van der Waals surface area contributed by atoms with E-state index in [4.69, 9.17) is 0 Å². The van der Waals surface area contributed by atoms with Gasteiger partial charge in [0.15, 0.2) is 0 Å². The zero-order valence-electron chi connectivity index (χ0n) is 11.4. The fourth-order valence-corrected chi connectivity index (χ4v) is 2.10. The smallest absolute Gasteiger partial charge is 0.273 e. The Labute approximate surface area is 126 Å². The zero-order valence-corrected chi connectivity index (χ0v) is 11.4. The summed E-state index contributed by atoms with van der Waals surface area (Å²) in [6, 6.07) is 11.1. The second kappa shape index (κ2) is 5.61. The van der Waals surface area contributed by atoms with Crippen LogP contribution in [0.2, 0.25) is 0 Å². The third-order valence-electron chi connectivity index (χ3n) is 3.11. The Hall–Kier alpha value is -3.28. The van der Waals surface area contributed by atoms with Gasteiger partial charge in [0.05, 0.1) is 5.69 Å². The third kappa shape index (κ3) is 2.49. The normalized spacial score (nSPS) is 16.8. The van der Waals surface area contributed by atoms with Gasteiger partial charge in [0.2, 0.25) is 0 Å². The number of pyridine rings is 1. The molecular weight excluding hydrogens is 282 g/mol. The molecule has 6 heteroatoms. The van der Waals surface area contributed by atoms with Crippen molar-refractivity contribution in [2.45, 2.75) is 0 Å². The Morgan fingerprint density at radius 2 is 1.77 bits per heavy atom. The molecule has 1 N–H and O–H groups in total. The van der Waals surface area contributed by atoms with Gasteiger partial charge in [-0.2, -0.15) is 0 Å². The van der Waals surface area contributed by atoms with E-state index < -0.39 is 17.8 Å². The van der Waals surface area contributed by atoms with E-state index in [-0.39, 0.29) is 5.57 Å². The van der Waals surface area contributed by atoms with Crippen LogP contribution in [0.25, 0.3) is 6.08 Å². The summed E-state index contributed by atoms with van der Waals surface area (Å²) in [5.74, 6) is -1.38. The average molecular weight is 293 g/mol. The number of carbonyl (C=O) groups excluding carboxylic acids is 3. The summed E-state index contributed by atoms with van der Waals surface area (Å²) in [7, 11) is 0. The number of barbiturate groups is 1. The van der Waals surface area contributed by atoms with Crippen LogP contribution in [0.3, 0.4) is 0 Å². The van der Waals surface area contributed by atoms with E-state index in [2.05, 4.69) is 10.3 Å². The summed E-state index contributed by atoms with van der Waals surface area (Å²) >= 11 is 0. The highest BCUT2D eigenvalue weighted by molar-refractivity contribution is 6.39. The fraction of sp³-hybridized carbons (Fsp3) is 0. The van der Waals surface area contributed by atoms with Crippen molar-refractivity contribution >= 4 is 29.6 Å². The number of hydrogen-bond donors (Lipinski definition) is 1. The summed E-state index contributed by atoms with van der Waals surface area (Å²) in [4.78, 5) is 41.2. The van der Waals surface area contributed by atoms with Crippen LogP contribution in [-0.4, -0.2) is 22.8 Å². The first-order valence-corrected chi connectivity index (χ1v) is 6.53. The van der Waals surface area contributed by atoms with Crippen LogP contribution in [0.4, 0.5) is 10.5 Å². The Bertz CT molecular complexity index is 770. The highest BCUT2D eigenvalue weighted by atomic mass is 16.2. The van der Waals surface area contributed by atoms with Crippen LogP contribution >= 0.6 is 0 Å². The van der Waals surface area contributed by atoms with Gasteiger partial charge in [-0.1, -0.05) is 24.3 Å². The van der Waals surface area contributed by atoms with Gasteiger partial charge in [0, 0.05) is 12.4 Å². The van der Waals surface area contributed by atoms with Crippen molar-refractivity contribution in [3.05, 3.63) is 66.0 Å². The number of aromatic nitrogens is 1. The highest BCUT2D eigenvalue weighted by Crippen LogP contribution is 2.21. The third-order valence-corrected chi connectivity index (χ3v) is 3.11. The fourth-order valence-electron chi connectivity index (χ4n) is 2.10. The molecule has 4 amide bonds. The Morgan fingerprint density at radius 1 is 1.00 bits per heavy atom. The van der Waals surface area contributed by atoms with Crippen molar-refractivity contribution in [2.24, 2.45) is 0 Å². The number of nitrogens with zero attached hydrogens (tertiary/aromatic N) is 2. The Kier molecular flexibility index (Phi) is 3.49. The number of rotatable bonds is 2. The van der Waals surface area contributed by atoms with Crippen molar-refractivity contribution in [3.8, 4) is 0 Å². The average Bonchev–Trinajstić information content (AvgIpc) is 2.53. The molecule has 0 aliphatic carbocycles. The van der Waals surface area contributed by atoms with Crippen LogP contribution in [0, 0.1) is 0 Å². The molecule has 0 unspecified atom stereocenters. The molecule has 1 fully saturated rings. The number of hydrogen-bond acceptors (Lipinski definition) is 4. The summed E-state index contributed by atoms with van der Waals surface area (Å²) in [6.45, 7) is 0. The van der Waals surface area contributed by atoms with E-state index in [0.717, 1.165) is 4.90 Å². The number of para-hydroxylation sites is 1. The number of carbonyl (C=O) groups is 3. The van der Waals surface area contributed by atoms with Gasteiger partial charge in [-0.15, -0.1) is 0 Å². The molecule has 6 nitrogen and oxygen atoms in total. The minimum Gasteiger partial charge on any atom is -0.273 e. The highest BCUT2D eigenvalue weighted by Gasteiger charge is 2.36. The first-order chi connectivity index (χ1) is 10.7. The van der Waals surface area contributed by atoms with Crippen molar-refractivity contribution in [2.75, 3.05) is 4.90 Å². The van der Waals surface area contributed by atoms with Gasteiger partial charge in [0.25, 0.3) is 11.8 Å². The lowest BCUT2D eigenvalue weighted by Gasteiger charge is -2.26. The first-order valence-electron chi connectivity index (χ1n) is 6.53. The summed E-state index contributed by atoms with van der Waals surface area (Å²) in [6.07, 6.45) is 4.52. The van der Waals surface area contributed by atoms with E-state index in [9.17, 15) is 14.4 Å². The number of urea groups is 1. The molecule has 1 aromatic heterocycles. The zero-order chi connectivity index (χ0) is 15.5. The second-order valence-electron chi connectivity index (χ2n) is 4.58. The van der Waals surface area contributed by atoms with Crippen molar-refractivity contribution in [3.63, 3.8) is 0 Å². The predicted molar refractivity (Wildman–Crippen MR) is 79.7 cm³/mol. The molecule has 22 heavy (non-hydrogen) atoms. The predicted octanol–water partition coefficient (Wildman–Crippen LogP) is 1.75. The van der Waals surface area contributed by atoms with Gasteiger partial charge in [0.1, 0.15) is 5.57 Å². The topological polar surface area (TPSA) is 79.4 Å². The molecule has 1 aromatic carbocycles. The van der Waals surface area contributed by atoms with Gasteiger partial charge < -0.3 is 0 Å². The SMILES string of the molecule is O=C1NC(=O)N(c2ccccc2)C(=O)/C1=C/c1cccnc1. The monoisotopic (exact) mass is 293 g/mol. The number of anilines is 1. The molecule has 108 valence electrons. The summed E-state index contributed by atoms with van der Waals surface area (Å²) in [5.41, 5.74) is 0.884. The van der Waals surface area contributed by atoms with Crippen LogP contribution in [0.1, 0.15) is 5.56 Å². The maximum atomic E-state index is 12.5. The molecule has 0 bridgehead atoms. The van der Waals surface area contributed by atoms with Crippen LogP contribution in [-0.2, 0) is 9.59 Å². The van der Waals surface area contributed by atoms with Crippen molar-refractivity contribution < 1.29 is 14.4 Å². The lowest BCUT2D eigenvalue weighted by atomic mass is 10.1. The molecule has 2 heterocycles. The van der Waals surface area contributed by atoms with E-state index in [1.54, 1.807) is 48.7 Å². The molecule has 1 aliphatic rings. The van der Waals surface area contributed by atoms with Gasteiger partial charge in [-0.05, 0) is 29.8 Å². The minimum absolute atomic E-state index is 0.114. The van der Waals surface area contributed by atoms with E-state index in [0.29, 0.717) is 11.3 Å². The van der Waals surface area contributed by atoms with Crippen molar-refractivity contribution in [1.82, 2.24) is 10.3 Å². The lowest BCUT2D eigenvalue weighted by Crippen LogP contribution is -2.54. The summed E-state index contributed by atoms with van der Waals surface area (Å²) in [5, 5.41) is 2.17. The van der Waals surface area contributed by atoms with Gasteiger partial charge in [-0.25, -0.2) is 9.69 Å². The molecule has 0 saturated carbocycles. The second-order valence-corrected chi connectivity index (χ2v) is 4.58. The molecule has 2 aromatic rings. The minimum atomic E-state index is -0.760. The maximum Gasteiger partial charge on any atom is 0.335 e. The van der Waals surface area contributed by atoms with Crippen molar-refractivity contribution in [1.29, 1.82) is 0 Å². The number of benzene rings is 1. The lowest BCUT2D eigenvalue weighted by molar-refractivity contribution is -0.122. The standard InChI is InChI=1S/C16H11N3O3/c20-14-13(9-11-5-4-8-17-10-11)15(21)19(16(22)18-14)12-6-2-1-3-7-12/h1-10H,(H,18,20,22)/b13-9+. The summed E-state index contributed by atoms with van der Waals surface area (Å²) < 4.78 is 0. The Morgan fingerprint density at radius 3 is 2.45 bits per heavy atom. The molecular formula is C16H11N3O3. The van der Waals surface area contributed by atoms with Crippen LogP contribution in [0.15, 0.2) is 60.4 Å². The van der Waals surface area contributed by atoms with Crippen LogP contribution in [0.5, 0.6) is 0 Å². The molecule has 0 radical (unpaired) electrons. The largest absolute Gasteiger partial charge is 0.335 e. The molecule has 3 rings (SSSR count). The first kappa shape index (κ1) is 13.7. The van der Waals surface area contributed by atoms with E-state index in [1.807, 2.05) is 0 Å². The number of nitrogens with one attached hydrogen (secondary N) is 1. The van der Waals surface area contributed by atoms with Crippen LogP contribution < -0.4 is 10.2 Å². The van der Waals surface area contributed by atoms with E-state index >= 15 is 0 Å². The molecule has 1 aliphatic heterocycles. The quantitative estimate of drug-likeness (QED) is 0.675. The number of amides is 4. The van der Waals surface area contributed by atoms with E-state index in [1.165, 1.54) is 12.3 Å². The molecule has 1 saturated heterocycles. The maximum absolute atomic E-state index is 12.5. The molecule has 0 spiro atoms. The molecule has 0 atom stereocenters.